The van der Waals surface area contributed by atoms with E-state index < -0.39 is 8.07 Å². The highest BCUT2D eigenvalue weighted by atomic mass is 31.1. The molecule has 2 rings (SSSR count). The minimum Gasteiger partial charge on any atom is -0.507 e. The van der Waals surface area contributed by atoms with Gasteiger partial charge in [-0.1, -0.05) is 63.7 Å². The molecule has 0 saturated carbocycles. The molecule has 0 saturated heterocycles. The van der Waals surface area contributed by atoms with E-state index in [9.17, 15) is 5.11 Å². The molecular weight excluding hydrogens is 293 g/mol. The molecule has 2 aromatic rings. The number of hydrogen-bond acceptors (Lipinski definition) is 2. The van der Waals surface area contributed by atoms with E-state index in [1.54, 1.807) is 0 Å². The second kappa shape index (κ2) is 6.21. The second-order valence-electron chi connectivity index (χ2n) is 6.52. The third-order valence-electron chi connectivity index (χ3n) is 3.52. The van der Waals surface area contributed by atoms with Gasteiger partial charge in [-0.15, -0.1) is 0 Å². The van der Waals surface area contributed by atoms with Crippen LogP contribution in [0.1, 0.15) is 0 Å². The van der Waals surface area contributed by atoms with E-state index in [4.69, 9.17) is 0 Å². The van der Waals surface area contributed by atoms with Gasteiger partial charge in [0.2, 0.25) is 0 Å². The van der Waals surface area contributed by atoms with Gasteiger partial charge in [0, 0.05) is 30.4 Å². The van der Waals surface area contributed by atoms with Crippen LogP contribution in [-0.2, 0) is 0 Å². The number of benzene rings is 2. The Labute approximate surface area is 130 Å². The lowest BCUT2D eigenvalue weighted by Gasteiger charge is -2.20. The Bertz CT molecular complexity index is 635. The van der Waals surface area contributed by atoms with Gasteiger partial charge in [0.25, 0.3) is 0 Å². The summed E-state index contributed by atoms with van der Waals surface area (Å²) in [4.78, 5) is 2.13. The quantitative estimate of drug-likeness (QED) is 0.692. The highest BCUT2D eigenvalue weighted by molar-refractivity contribution is 7.56. The van der Waals surface area contributed by atoms with Gasteiger partial charge < -0.3 is 10.0 Å². The predicted molar refractivity (Wildman–Crippen MR) is 99.4 cm³/mol. The van der Waals surface area contributed by atoms with Gasteiger partial charge >= 0.3 is 0 Å². The van der Waals surface area contributed by atoms with Crippen LogP contribution in [0.25, 0.3) is 0 Å². The molecule has 0 spiro atoms. The Kier molecular flexibility index (Phi) is 4.75. The topological polar surface area (TPSA) is 23.5 Å². The minimum atomic E-state index is -1.36. The van der Waals surface area contributed by atoms with Crippen LogP contribution in [0.15, 0.2) is 42.5 Å². The predicted octanol–water partition coefficient (Wildman–Crippen LogP) is 2.63. The average Bonchev–Trinajstić information content (AvgIpc) is 2.40. The number of rotatable bonds is 4. The Hall–Kier alpha value is -1.31. The van der Waals surface area contributed by atoms with Crippen molar-refractivity contribution in [2.45, 2.75) is 19.6 Å². The standard InChI is InChI=1S/C17H24NOPSi/c1-18(2)14-8-6-7-9-16(14)20-17-12-13(21(3,4)5)10-11-15(17)19/h6-12,19-20H,1-5H3. The monoisotopic (exact) mass is 317 g/mol. The molecule has 21 heavy (non-hydrogen) atoms. The molecule has 0 heterocycles. The van der Waals surface area contributed by atoms with Crippen molar-refractivity contribution in [2.75, 3.05) is 19.0 Å². The van der Waals surface area contributed by atoms with Gasteiger partial charge in [0.05, 0.1) is 8.07 Å². The average molecular weight is 317 g/mol. The highest BCUT2D eigenvalue weighted by Gasteiger charge is 2.18. The van der Waals surface area contributed by atoms with Crippen LogP contribution in [-0.4, -0.2) is 27.3 Å². The summed E-state index contributed by atoms with van der Waals surface area (Å²) in [5.74, 6) is 0.406. The Morgan fingerprint density at radius 1 is 0.952 bits per heavy atom. The molecular formula is C17H24NOPSi. The molecule has 0 aromatic heterocycles. The van der Waals surface area contributed by atoms with Crippen molar-refractivity contribution in [3.63, 3.8) is 0 Å². The van der Waals surface area contributed by atoms with Crippen LogP contribution in [0.2, 0.25) is 19.6 Å². The molecule has 0 aliphatic carbocycles. The number of hydrogen-bond donors (Lipinski definition) is 1. The summed E-state index contributed by atoms with van der Waals surface area (Å²) in [5, 5.41) is 13.9. The van der Waals surface area contributed by atoms with E-state index in [0.29, 0.717) is 14.3 Å². The molecule has 0 aliphatic heterocycles. The van der Waals surface area contributed by atoms with E-state index in [1.807, 2.05) is 6.07 Å². The Morgan fingerprint density at radius 3 is 2.24 bits per heavy atom. The maximum Gasteiger partial charge on any atom is 0.123 e. The lowest BCUT2D eigenvalue weighted by atomic mass is 10.3. The van der Waals surface area contributed by atoms with E-state index in [0.717, 1.165) is 5.30 Å². The van der Waals surface area contributed by atoms with Gasteiger partial charge in [-0.25, -0.2) is 0 Å². The van der Waals surface area contributed by atoms with Crippen molar-refractivity contribution >= 4 is 38.1 Å². The summed E-state index contributed by atoms with van der Waals surface area (Å²) in [6.07, 6.45) is 0. The van der Waals surface area contributed by atoms with Crippen LogP contribution < -0.4 is 20.7 Å². The van der Waals surface area contributed by atoms with E-state index in [1.165, 1.54) is 16.2 Å². The summed E-state index contributed by atoms with van der Waals surface area (Å²) in [5.41, 5.74) is 1.22. The number of phenolic OH excluding ortho intramolecular Hbond substituents is 1. The maximum atomic E-state index is 10.2. The Morgan fingerprint density at radius 2 is 1.62 bits per heavy atom. The van der Waals surface area contributed by atoms with Crippen molar-refractivity contribution < 1.29 is 5.11 Å². The fourth-order valence-corrected chi connectivity index (χ4v) is 4.87. The molecule has 0 fully saturated rings. The fourth-order valence-electron chi connectivity index (χ4n) is 2.22. The molecule has 1 unspecified atom stereocenters. The smallest absolute Gasteiger partial charge is 0.123 e. The normalized spacial score (nSPS) is 12.0. The molecule has 1 N–H and O–H groups in total. The number of nitrogens with zero attached hydrogens (tertiary/aromatic N) is 1. The van der Waals surface area contributed by atoms with Gasteiger partial charge in [0.1, 0.15) is 5.75 Å². The summed E-state index contributed by atoms with van der Waals surface area (Å²) in [6.45, 7) is 7.00. The summed E-state index contributed by atoms with van der Waals surface area (Å²) in [6, 6.07) is 14.5. The van der Waals surface area contributed by atoms with Crippen molar-refractivity contribution in [1.29, 1.82) is 0 Å². The van der Waals surface area contributed by atoms with Crippen molar-refractivity contribution in [2.24, 2.45) is 0 Å². The zero-order chi connectivity index (χ0) is 15.6. The first-order valence-electron chi connectivity index (χ1n) is 7.16. The van der Waals surface area contributed by atoms with E-state index in [2.05, 4.69) is 75.0 Å². The number of para-hydroxylation sites is 1. The lowest BCUT2D eigenvalue weighted by molar-refractivity contribution is 0.480. The molecule has 0 bridgehead atoms. The molecule has 2 nitrogen and oxygen atoms in total. The molecule has 0 amide bonds. The van der Waals surface area contributed by atoms with Crippen molar-refractivity contribution in [3.05, 3.63) is 42.5 Å². The lowest BCUT2D eigenvalue weighted by Crippen LogP contribution is -2.38. The molecule has 0 radical (unpaired) electrons. The third-order valence-corrected chi connectivity index (χ3v) is 6.92. The summed E-state index contributed by atoms with van der Waals surface area (Å²) in [7, 11) is 3.23. The number of aromatic hydroxyl groups is 1. The first-order chi connectivity index (χ1) is 9.79. The largest absolute Gasteiger partial charge is 0.507 e. The first-order valence-corrected chi connectivity index (χ1v) is 11.7. The second-order valence-corrected chi connectivity index (χ2v) is 12.9. The molecule has 1 atom stereocenters. The SMILES string of the molecule is CN(C)c1ccccc1Pc1cc([Si](C)(C)C)ccc1O. The van der Waals surface area contributed by atoms with Gasteiger partial charge in [-0.2, -0.15) is 0 Å². The fraction of sp³-hybridized carbons (Fsp3) is 0.294. The number of phenols is 1. The van der Waals surface area contributed by atoms with Crippen LogP contribution in [0.5, 0.6) is 5.75 Å². The molecule has 0 aliphatic rings. The zero-order valence-corrected chi connectivity index (χ0v) is 15.4. The third kappa shape index (κ3) is 3.87. The van der Waals surface area contributed by atoms with E-state index >= 15 is 0 Å². The maximum absolute atomic E-state index is 10.2. The van der Waals surface area contributed by atoms with E-state index in [-0.39, 0.29) is 0 Å². The highest BCUT2D eigenvalue weighted by Crippen LogP contribution is 2.23. The molecule has 4 heteroatoms. The van der Waals surface area contributed by atoms with Crippen molar-refractivity contribution in [3.8, 4) is 5.75 Å². The van der Waals surface area contributed by atoms with Crippen LogP contribution >= 0.6 is 8.58 Å². The summed E-state index contributed by atoms with van der Waals surface area (Å²) < 4.78 is 0. The van der Waals surface area contributed by atoms with Gasteiger partial charge in [-0.05, 0) is 12.1 Å². The zero-order valence-electron chi connectivity index (χ0n) is 13.4. The summed E-state index contributed by atoms with van der Waals surface area (Å²) >= 11 is 0. The first kappa shape index (κ1) is 16.1. The van der Waals surface area contributed by atoms with Crippen LogP contribution in [0.3, 0.4) is 0 Å². The van der Waals surface area contributed by atoms with Gasteiger partial charge in [0.15, 0.2) is 0 Å². The minimum absolute atomic E-state index is 0.406. The molecule has 112 valence electrons. The molecule has 2 aromatic carbocycles. The van der Waals surface area contributed by atoms with Crippen LogP contribution in [0.4, 0.5) is 5.69 Å². The number of anilines is 1. The van der Waals surface area contributed by atoms with Crippen LogP contribution in [0, 0.1) is 0 Å². The van der Waals surface area contributed by atoms with Gasteiger partial charge in [-0.3, -0.25) is 0 Å². The van der Waals surface area contributed by atoms with Crippen molar-refractivity contribution in [1.82, 2.24) is 0 Å². The Balaban J connectivity index is 2.40.